The SMILES string of the molecule is O=C(OCC1=CCCC=C1)C1(CO)CC1. The minimum atomic E-state index is -0.557. The molecule has 0 aliphatic heterocycles. The summed E-state index contributed by atoms with van der Waals surface area (Å²) in [4.78, 5) is 11.6. The molecule has 0 aromatic carbocycles. The molecule has 3 heteroatoms. The molecule has 2 aliphatic rings. The topological polar surface area (TPSA) is 46.5 Å². The number of ether oxygens (including phenoxy) is 1. The Bertz CT molecular complexity index is 311. The molecule has 0 atom stereocenters. The summed E-state index contributed by atoms with van der Waals surface area (Å²) < 4.78 is 5.18. The molecule has 0 aromatic rings. The van der Waals surface area contributed by atoms with E-state index in [1.807, 2.05) is 6.08 Å². The molecule has 0 aromatic heterocycles. The monoisotopic (exact) mass is 208 g/mol. The fraction of sp³-hybridized carbons (Fsp3) is 0.583. The van der Waals surface area contributed by atoms with Crippen molar-refractivity contribution in [2.75, 3.05) is 13.2 Å². The first-order valence-electron chi connectivity index (χ1n) is 5.40. The summed E-state index contributed by atoms with van der Waals surface area (Å²) in [5.41, 5.74) is 0.502. The highest BCUT2D eigenvalue weighted by Crippen LogP contribution is 2.46. The van der Waals surface area contributed by atoms with E-state index in [-0.39, 0.29) is 12.6 Å². The molecule has 0 heterocycles. The summed E-state index contributed by atoms with van der Waals surface area (Å²) in [7, 11) is 0. The van der Waals surface area contributed by atoms with Crippen LogP contribution >= 0.6 is 0 Å². The summed E-state index contributed by atoms with van der Waals surface area (Å²) in [6.45, 7) is 0.262. The standard InChI is InChI=1S/C12H16O3/c13-9-12(6-7-12)11(14)15-8-10-4-2-1-3-5-10/h2,4-5,13H,1,3,6-9H2. The number of hydrogen-bond acceptors (Lipinski definition) is 3. The van der Waals surface area contributed by atoms with Crippen LogP contribution in [0.15, 0.2) is 23.8 Å². The predicted octanol–water partition coefficient (Wildman–Crippen LogP) is 1.58. The maximum absolute atomic E-state index is 11.6. The van der Waals surface area contributed by atoms with Crippen molar-refractivity contribution in [2.24, 2.45) is 5.41 Å². The van der Waals surface area contributed by atoms with E-state index in [1.54, 1.807) is 0 Å². The number of hydrogen-bond donors (Lipinski definition) is 1. The maximum atomic E-state index is 11.6. The molecule has 0 radical (unpaired) electrons. The van der Waals surface area contributed by atoms with Gasteiger partial charge >= 0.3 is 5.97 Å². The number of aliphatic hydroxyl groups excluding tert-OH is 1. The first-order chi connectivity index (χ1) is 7.27. The van der Waals surface area contributed by atoms with Crippen molar-refractivity contribution in [1.82, 2.24) is 0 Å². The fourth-order valence-corrected chi connectivity index (χ4v) is 1.65. The Kier molecular flexibility index (Phi) is 2.91. The largest absolute Gasteiger partial charge is 0.460 e. The van der Waals surface area contributed by atoms with Gasteiger partial charge < -0.3 is 9.84 Å². The van der Waals surface area contributed by atoms with E-state index in [0.717, 1.165) is 31.3 Å². The van der Waals surface area contributed by atoms with E-state index in [1.165, 1.54) is 0 Å². The van der Waals surface area contributed by atoms with Crippen LogP contribution in [0.4, 0.5) is 0 Å². The van der Waals surface area contributed by atoms with E-state index in [9.17, 15) is 4.79 Å². The van der Waals surface area contributed by atoms with Crippen LogP contribution in [0, 0.1) is 5.41 Å². The molecule has 1 fully saturated rings. The van der Waals surface area contributed by atoms with Crippen LogP contribution < -0.4 is 0 Å². The van der Waals surface area contributed by atoms with Crippen molar-refractivity contribution >= 4 is 5.97 Å². The summed E-state index contributed by atoms with van der Waals surface area (Å²) in [6, 6.07) is 0. The van der Waals surface area contributed by atoms with Gasteiger partial charge in [-0.25, -0.2) is 0 Å². The molecule has 0 amide bonds. The molecule has 2 rings (SSSR count). The maximum Gasteiger partial charge on any atom is 0.314 e. The van der Waals surface area contributed by atoms with Crippen LogP contribution in [-0.2, 0) is 9.53 Å². The highest BCUT2D eigenvalue weighted by atomic mass is 16.5. The van der Waals surface area contributed by atoms with Gasteiger partial charge in [-0.3, -0.25) is 4.79 Å². The fourth-order valence-electron chi connectivity index (χ4n) is 1.65. The van der Waals surface area contributed by atoms with E-state index in [4.69, 9.17) is 9.84 Å². The Morgan fingerprint density at radius 2 is 2.27 bits per heavy atom. The smallest absolute Gasteiger partial charge is 0.314 e. The lowest BCUT2D eigenvalue weighted by molar-refractivity contribution is -0.150. The molecule has 0 unspecified atom stereocenters. The lowest BCUT2D eigenvalue weighted by atomic mass is 10.1. The number of rotatable bonds is 4. The molecule has 0 saturated heterocycles. The average Bonchev–Trinajstić information content (AvgIpc) is 3.08. The summed E-state index contributed by atoms with van der Waals surface area (Å²) in [6.07, 6.45) is 9.78. The lowest BCUT2D eigenvalue weighted by Crippen LogP contribution is -2.23. The molecule has 0 spiro atoms. The van der Waals surface area contributed by atoms with E-state index in [2.05, 4.69) is 12.2 Å². The van der Waals surface area contributed by atoms with Crippen LogP contribution in [0.3, 0.4) is 0 Å². The van der Waals surface area contributed by atoms with Crippen molar-refractivity contribution in [1.29, 1.82) is 0 Å². The van der Waals surface area contributed by atoms with Crippen molar-refractivity contribution in [2.45, 2.75) is 25.7 Å². The highest BCUT2D eigenvalue weighted by molar-refractivity contribution is 5.80. The molecular weight excluding hydrogens is 192 g/mol. The third-order valence-electron chi connectivity index (χ3n) is 3.03. The second-order valence-corrected chi connectivity index (χ2v) is 4.27. The van der Waals surface area contributed by atoms with Crippen molar-refractivity contribution in [3.63, 3.8) is 0 Å². The van der Waals surface area contributed by atoms with Crippen LogP contribution in [-0.4, -0.2) is 24.3 Å². The molecule has 82 valence electrons. The molecule has 1 saturated carbocycles. The predicted molar refractivity (Wildman–Crippen MR) is 56.2 cm³/mol. The van der Waals surface area contributed by atoms with Crippen LogP contribution in [0.25, 0.3) is 0 Å². The normalized spacial score (nSPS) is 22.1. The van der Waals surface area contributed by atoms with Gasteiger partial charge in [-0.1, -0.05) is 18.2 Å². The second kappa shape index (κ2) is 4.19. The van der Waals surface area contributed by atoms with Gasteiger partial charge in [0.15, 0.2) is 0 Å². The quantitative estimate of drug-likeness (QED) is 0.713. The van der Waals surface area contributed by atoms with E-state index >= 15 is 0 Å². The zero-order chi connectivity index (χ0) is 10.7. The third kappa shape index (κ3) is 2.29. The highest BCUT2D eigenvalue weighted by Gasteiger charge is 2.50. The van der Waals surface area contributed by atoms with Crippen molar-refractivity contribution in [3.05, 3.63) is 23.8 Å². The minimum Gasteiger partial charge on any atom is -0.460 e. The van der Waals surface area contributed by atoms with Crippen LogP contribution in [0.1, 0.15) is 25.7 Å². The molecular formula is C12H16O3. The number of aliphatic hydroxyl groups is 1. The first kappa shape index (κ1) is 10.4. The number of allylic oxidation sites excluding steroid dienone is 2. The third-order valence-corrected chi connectivity index (χ3v) is 3.03. The molecule has 15 heavy (non-hydrogen) atoms. The first-order valence-corrected chi connectivity index (χ1v) is 5.40. The van der Waals surface area contributed by atoms with Gasteiger partial charge in [-0.05, 0) is 31.3 Å². The van der Waals surface area contributed by atoms with Gasteiger partial charge in [-0.2, -0.15) is 0 Å². The minimum absolute atomic E-state index is 0.0826. The van der Waals surface area contributed by atoms with Gasteiger partial charge in [0.05, 0.1) is 12.0 Å². The van der Waals surface area contributed by atoms with Gasteiger partial charge in [0.1, 0.15) is 6.61 Å². The molecule has 0 bridgehead atoms. The van der Waals surface area contributed by atoms with Gasteiger partial charge in [-0.15, -0.1) is 0 Å². The van der Waals surface area contributed by atoms with Crippen LogP contribution in [0.5, 0.6) is 0 Å². The van der Waals surface area contributed by atoms with Crippen LogP contribution in [0.2, 0.25) is 0 Å². The van der Waals surface area contributed by atoms with Gasteiger partial charge in [0.25, 0.3) is 0 Å². The van der Waals surface area contributed by atoms with Gasteiger partial charge in [0, 0.05) is 0 Å². The Morgan fingerprint density at radius 1 is 1.47 bits per heavy atom. The molecule has 1 N–H and O–H groups in total. The number of carbonyl (C=O) groups is 1. The summed E-state index contributed by atoms with van der Waals surface area (Å²) in [5, 5.41) is 9.03. The Balaban J connectivity index is 1.81. The number of esters is 1. The van der Waals surface area contributed by atoms with E-state index < -0.39 is 5.41 Å². The van der Waals surface area contributed by atoms with Gasteiger partial charge in [0.2, 0.25) is 0 Å². The van der Waals surface area contributed by atoms with Crippen molar-refractivity contribution in [3.8, 4) is 0 Å². The molecule has 2 aliphatic carbocycles. The second-order valence-electron chi connectivity index (χ2n) is 4.27. The summed E-state index contributed by atoms with van der Waals surface area (Å²) >= 11 is 0. The zero-order valence-electron chi connectivity index (χ0n) is 8.74. The Morgan fingerprint density at radius 3 is 2.80 bits per heavy atom. The summed E-state index contributed by atoms with van der Waals surface area (Å²) in [5.74, 6) is -0.245. The Labute approximate surface area is 89.4 Å². The Hall–Kier alpha value is -1.09. The average molecular weight is 208 g/mol. The number of carbonyl (C=O) groups excluding carboxylic acids is 1. The molecule has 3 nitrogen and oxygen atoms in total. The van der Waals surface area contributed by atoms with E-state index in [0.29, 0.717) is 6.61 Å². The van der Waals surface area contributed by atoms with Crippen molar-refractivity contribution < 1.29 is 14.6 Å². The lowest BCUT2D eigenvalue weighted by Gasteiger charge is -2.12. The zero-order valence-corrected chi connectivity index (χ0v) is 8.74.